The first-order valence-corrected chi connectivity index (χ1v) is 7.76. The molecule has 0 bridgehead atoms. The molecule has 134 valence electrons. The van der Waals surface area contributed by atoms with Gasteiger partial charge in [-0.25, -0.2) is 0 Å². The summed E-state index contributed by atoms with van der Waals surface area (Å²) in [7, 11) is 0. The van der Waals surface area contributed by atoms with Crippen molar-refractivity contribution in [2.75, 3.05) is 11.9 Å². The third kappa shape index (κ3) is 5.52. The van der Waals surface area contributed by atoms with E-state index in [9.17, 15) is 18.0 Å². The van der Waals surface area contributed by atoms with Crippen LogP contribution in [0.3, 0.4) is 0 Å². The second-order valence-electron chi connectivity index (χ2n) is 6.69. The molecule has 1 N–H and O–H groups in total. The second kappa shape index (κ2) is 7.17. The second-order valence-corrected chi connectivity index (χ2v) is 6.69. The molecule has 0 aromatic heterocycles. The van der Waals surface area contributed by atoms with Crippen LogP contribution in [-0.2, 0) is 16.4 Å². The van der Waals surface area contributed by atoms with Crippen molar-refractivity contribution in [3.63, 3.8) is 0 Å². The third-order valence-electron chi connectivity index (χ3n) is 3.59. The van der Waals surface area contributed by atoms with Crippen LogP contribution in [0.2, 0.25) is 0 Å². The smallest absolute Gasteiger partial charge is 0.416 e. The Morgan fingerprint density at radius 3 is 1.92 bits per heavy atom. The summed E-state index contributed by atoms with van der Waals surface area (Å²) in [4.78, 5) is 11.8. The summed E-state index contributed by atoms with van der Waals surface area (Å²) in [6.07, 6.45) is -4.40. The van der Waals surface area contributed by atoms with Crippen LogP contribution in [-0.4, -0.2) is 12.5 Å². The summed E-state index contributed by atoms with van der Waals surface area (Å²) >= 11 is 0. The first-order valence-electron chi connectivity index (χ1n) is 7.76. The summed E-state index contributed by atoms with van der Waals surface area (Å²) in [5.74, 6) is 0.107. The van der Waals surface area contributed by atoms with Gasteiger partial charge in [0.1, 0.15) is 5.75 Å². The summed E-state index contributed by atoms with van der Waals surface area (Å²) in [5, 5.41) is 2.50. The molecule has 0 atom stereocenters. The molecule has 0 spiro atoms. The van der Waals surface area contributed by atoms with E-state index in [1.807, 2.05) is 12.1 Å². The van der Waals surface area contributed by atoms with E-state index in [0.29, 0.717) is 5.75 Å². The zero-order valence-corrected chi connectivity index (χ0v) is 14.3. The van der Waals surface area contributed by atoms with Crippen molar-refractivity contribution >= 4 is 11.6 Å². The number of hydrogen-bond donors (Lipinski definition) is 1. The van der Waals surface area contributed by atoms with Crippen molar-refractivity contribution in [2.45, 2.75) is 32.4 Å². The van der Waals surface area contributed by atoms with Crippen LogP contribution < -0.4 is 10.1 Å². The third-order valence-corrected chi connectivity index (χ3v) is 3.59. The molecular formula is C19H20F3NO2. The predicted octanol–water partition coefficient (Wildman–Crippen LogP) is 5.02. The molecule has 0 fully saturated rings. The van der Waals surface area contributed by atoms with Crippen LogP contribution in [0, 0.1) is 0 Å². The fraction of sp³-hybridized carbons (Fsp3) is 0.316. The standard InChI is InChI=1S/C19H20F3NO2/c1-18(2,3)13-6-10-16(11-7-13)25-12-17(24)23-15-8-4-14(5-9-15)19(20,21)22/h4-11H,12H2,1-3H3,(H,23,24). The Kier molecular flexibility index (Phi) is 5.40. The van der Waals surface area contributed by atoms with Gasteiger partial charge in [0.15, 0.2) is 6.61 Å². The number of carbonyl (C=O) groups is 1. The lowest BCUT2D eigenvalue weighted by atomic mass is 9.87. The van der Waals surface area contributed by atoms with E-state index in [0.717, 1.165) is 17.7 Å². The van der Waals surface area contributed by atoms with E-state index < -0.39 is 17.6 Å². The fourth-order valence-electron chi connectivity index (χ4n) is 2.14. The minimum Gasteiger partial charge on any atom is -0.484 e. The van der Waals surface area contributed by atoms with Gasteiger partial charge >= 0.3 is 6.18 Å². The van der Waals surface area contributed by atoms with Crippen molar-refractivity contribution < 1.29 is 22.7 Å². The Morgan fingerprint density at radius 2 is 1.44 bits per heavy atom. The Morgan fingerprint density at radius 1 is 0.920 bits per heavy atom. The van der Waals surface area contributed by atoms with Crippen LogP contribution in [0.1, 0.15) is 31.9 Å². The predicted molar refractivity (Wildman–Crippen MR) is 90.7 cm³/mol. The number of halogens is 3. The van der Waals surface area contributed by atoms with Crippen LogP contribution in [0.4, 0.5) is 18.9 Å². The van der Waals surface area contributed by atoms with E-state index in [1.165, 1.54) is 12.1 Å². The number of alkyl halides is 3. The van der Waals surface area contributed by atoms with Crippen molar-refractivity contribution in [3.05, 3.63) is 59.7 Å². The summed E-state index contributed by atoms with van der Waals surface area (Å²) in [5.41, 5.74) is 0.692. The number of carbonyl (C=O) groups excluding carboxylic acids is 1. The van der Waals surface area contributed by atoms with Crippen molar-refractivity contribution in [2.24, 2.45) is 0 Å². The normalized spacial score (nSPS) is 11.9. The number of rotatable bonds is 4. The first-order chi connectivity index (χ1) is 11.6. The van der Waals surface area contributed by atoms with E-state index >= 15 is 0 Å². The van der Waals surface area contributed by atoms with Gasteiger partial charge < -0.3 is 10.1 Å². The monoisotopic (exact) mass is 351 g/mol. The molecule has 25 heavy (non-hydrogen) atoms. The SMILES string of the molecule is CC(C)(C)c1ccc(OCC(=O)Nc2ccc(C(F)(F)F)cc2)cc1. The number of amides is 1. The molecule has 0 aliphatic carbocycles. The van der Waals surface area contributed by atoms with Gasteiger partial charge in [-0.15, -0.1) is 0 Å². The highest BCUT2D eigenvalue weighted by atomic mass is 19.4. The number of hydrogen-bond acceptors (Lipinski definition) is 2. The van der Waals surface area contributed by atoms with Gasteiger partial charge in [-0.1, -0.05) is 32.9 Å². The van der Waals surface area contributed by atoms with E-state index in [2.05, 4.69) is 26.1 Å². The minimum absolute atomic E-state index is 0.0263. The van der Waals surface area contributed by atoms with Gasteiger partial charge in [-0.05, 0) is 47.4 Å². The molecule has 2 aromatic rings. The number of anilines is 1. The van der Waals surface area contributed by atoms with E-state index in [-0.39, 0.29) is 17.7 Å². The Bertz CT molecular complexity index is 714. The molecule has 0 aliphatic rings. The van der Waals surface area contributed by atoms with Crippen molar-refractivity contribution in [1.29, 1.82) is 0 Å². The molecule has 0 saturated carbocycles. The summed E-state index contributed by atoms with van der Waals surface area (Å²) in [6, 6.07) is 11.7. The maximum Gasteiger partial charge on any atom is 0.416 e. The van der Waals surface area contributed by atoms with Crippen LogP contribution in [0.15, 0.2) is 48.5 Å². The number of nitrogens with one attached hydrogen (secondary N) is 1. The molecule has 0 saturated heterocycles. The van der Waals surface area contributed by atoms with Gasteiger partial charge in [0, 0.05) is 5.69 Å². The minimum atomic E-state index is -4.40. The fourth-order valence-corrected chi connectivity index (χ4v) is 2.14. The number of benzene rings is 2. The highest BCUT2D eigenvalue weighted by Crippen LogP contribution is 2.29. The van der Waals surface area contributed by atoms with Gasteiger partial charge in [-0.3, -0.25) is 4.79 Å². The average Bonchev–Trinajstić information content (AvgIpc) is 2.52. The highest BCUT2D eigenvalue weighted by Gasteiger charge is 2.29. The Balaban J connectivity index is 1.88. The molecule has 6 heteroatoms. The maximum absolute atomic E-state index is 12.5. The molecule has 2 rings (SSSR count). The molecule has 2 aromatic carbocycles. The molecule has 0 aliphatic heterocycles. The van der Waals surface area contributed by atoms with E-state index in [1.54, 1.807) is 12.1 Å². The first kappa shape index (κ1) is 18.8. The van der Waals surface area contributed by atoms with E-state index in [4.69, 9.17) is 4.74 Å². The molecule has 0 unspecified atom stereocenters. The molecule has 1 amide bonds. The largest absolute Gasteiger partial charge is 0.484 e. The molecular weight excluding hydrogens is 331 g/mol. The average molecular weight is 351 g/mol. The lowest BCUT2D eigenvalue weighted by Crippen LogP contribution is -2.20. The van der Waals surface area contributed by atoms with Crippen LogP contribution >= 0.6 is 0 Å². The molecule has 0 radical (unpaired) electrons. The summed E-state index contributed by atoms with van der Waals surface area (Å²) < 4.78 is 42.8. The number of ether oxygens (including phenoxy) is 1. The van der Waals surface area contributed by atoms with Gasteiger partial charge in [-0.2, -0.15) is 13.2 Å². The van der Waals surface area contributed by atoms with Gasteiger partial charge in [0.2, 0.25) is 0 Å². The highest BCUT2D eigenvalue weighted by molar-refractivity contribution is 5.91. The zero-order chi connectivity index (χ0) is 18.7. The summed E-state index contributed by atoms with van der Waals surface area (Å²) in [6.45, 7) is 6.07. The quantitative estimate of drug-likeness (QED) is 0.840. The lowest BCUT2D eigenvalue weighted by molar-refractivity contribution is -0.137. The van der Waals surface area contributed by atoms with Crippen LogP contribution in [0.5, 0.6) is 5.75 Å². The van der Waals surface area contributed by atoms with Crippen molar-refractivity contribution in [1.82, 2.24) is 0 Å². The van der Waals surface area contributed by atoms with Crippen LogP contribution in [0.25, 0.3) is 0 Å². The Hall–Kier alpha value is -2.50. The lowest BCUT2D eigenvalue weighted by Gasteiger charge is -2.19. The molecule has 3 nitrogen and oxygen atoms in total. The Labute approximate surface area is 144 Å². The van der Waals surface area contributed by atoms with Crippen molar-refractivity contribution in [3.8, 4) is 5.75 Å². The molecule has 0 heterocycles. The maximum atomic E-state index is 12.5. The zero-order valence-electron chi connectivity index (χ0n) is 14.3. The van der Waals surface area contributed by atoms with Gasteiger partial charge in [0.05, 0.1) is 5.56 Å². The van der Waals surface area contributed by atoms with Gasteiger partial charge in [0.25, 0.3) is 5.91 Å². The topological polar surface area (TPSA) is 38.3 Å².